The van der Waals surface area contributed by atoms with Crippen LogP contribution in [0.25, 0.3) is 0 Å². The standard InChI is InChI=1S/C22H43NO4/c1-4-7-8-9-10-11-12-13-14-15-16-17-18-19-20-23(26-21(24)5-2)27-22(25)6-3/h4-20H2,1-3H3. The summed E-state index contributed by atoms with van der Waals surface area (Å²) in [5.74, 6) is -0.770. The zero-order valence-electron chi connectivity index (χ0n) is 18.1. The van der Waals surface area contributed by atoms with Gasteiger partial charge in [-0.2, -0.15) is 0 Å². The van der Waals surface area contributed by atoms with E-state index in [9.17, 15) is 9.59 Å². The summed E-state index contributed by atoms with van der Waals surface area (Å²) in [6.45, 7) is 6.14. The molecule has 0 aliphatic heterocycles. The molecule has 5 heteroatoms. The highest BCUT2D eigenvalue weighted by Crippen LogP contribution is 2.13. The summed E-state index contributed by atoms with van der Waals surface area (Å²) < 4.78 is 0. The van der Waals surface area contributed by atoms with E-state index in [0.717, 1.165) is 18.1 Å². The maximum atomic E-state index is 11.4. The smallest absolute Gasteiger partial charge is 0.328 e. The average molecular weight is 386 g/mol. The molecule has 0 aliphatic rings. The molecule has 0 rings (SSSR count). The molecular weight excluding hydrogens is 342 g/mol. The molecule has 0 aromatic rings. The first-order valence-corrected chi connectivity index (χ1v) is 11.3. The van der Waals surface area contributed by atoms with Gasteiger partial charge in [-0.3, -0.25) is 9.59 Å². The molecule has 0 saturated heterocycles. The molecule has 0 bridgehead atoms. The third-order valence-electron chi connectivity index (χ3n) is 4.68. The van der Waals surface area contributed by atoms with Crippen LogP contribution in [0.1, 0.15) is 124 Å². The average Bonchev–Trinajstić information content (AvgIpc) is 2.67. The fraction of sp³-hybridized carbons (Fsp3) is 0.909. The van der Waals surface area contributed by atoms with Gasteiger partial charge in [0.2, 0.25) is 0 Å². The van der Waals surface area contributed by atoms with Gasteiger partial charge in [-0.15, -0.1) is 0 Å². The summed E-state index contributed by atoms with van der Waals surface area (Å²) in [6, 6.07) is 0. The summed E-state index contributed by atoms with van der Waals surface area (Å²) in [5.41, 5.74) is 0. The molecule has 0 aromatic heterocycles. The second-order valence-electron chi connectivity index (χ2n) is 7.29. The number of unbranched alkanes of at least 4 members (excludes halogenated alkanes) is 13. The van der Waals surface area contributed by atoms with E-state index in [0.29, 0.717) is 6.54 Å². The van der Waals surface area contributed by atoms with Crippen molar-refractivity contribution in [2.24, 2.45) is 0 Å². The van der Waals surface area contributed by atoms with Crippen molar-refractivity contribution in [1.29, 1.82) is 0 Å². The van der Waals surface area contributed by atoms with Gasteiger partial charge >= 0.3 is 11.9 Å². The van der Waals surface area contributed by atoms with Gasteiger partial charge in [0.15, 0.2) is 0 Å². The zero-order chi connectivity index (χ0) is 20.2. The first kappa shape index (κ1) is 25.9. The Bertz CT molecular complexity index is 342. The van der Waals surface area contributed by atoms with Gasteiger partial charge in [0.05, 0.1) is 6.54 Å². The molecule has 0 unspecified atom stereocenters. The molecule has 160 valence electrons. The number of hydrogen-bond acceptors (Lipinski definition) is 5. The van der Waals surface area contributed by atoms with Crippen LogP contribution in [-0.2, 0) is 19.3 Å². The van der Waals surface area contributed by atoms with Crippen molar-refractivity contribution in [2.45, 2.75) is 124 Å². The van der Waals surface area contributed by atoms with E-state index in [4.69, 9.17) is 9.68 Å². The highest BCUT2D eigenvalue weighted by molar-refractivity contribution is 5.69. The van der Waals surface area contributed by atoms with Gasteiger partial charge in [-0.05, 0) is 6.42 Å². The van der Waals surface area contributed by atoms with Crippen LogP contribution < -0.4 is 0 Å². The summed E-state index contributed by atoms with van der Waals surface area (Å²) >= 11 is 0. The lowest BCUT2D eigenvalue weighted by molar-refractivity contribution is -0.325. The van der Waals surface area contributed by atoms with Crippen molar-refractivity contribution in [3.05, 3.63) is 0 Å². The Labute approximate surface area is 167 Å². The number of hydrogen-bond donors (Lipinski definition) is 0. The number of carbonyl (C=O) groups is 2. The topological polar surface area (TPSA) is 55.8 Å². The molecule has 0 radical (unpaired) electrons. The van der Waals surface area contributed by atoms with E-state index in [1.165, 1.54) is 77.0 Å². The van der Waals surface area contributed by atoms with Crippen LogP contribution in [0.2, 0.25) is 0 Å². The van der Waals surface area contributed by atoms with Gasteiger partial charge in [-0.1, -0.05) is 104 Å². The van der Waals surface area contributed by atoms with E-state index in [1.54, 1.807) is 13.8 Å². The summed E-state index contributed by atoms with van der Waals surface area (Å²) in [7, 11) is 0. The van der Waals surface area contributed by atoms with Gasteiger partial charge < -0.3 is 9.68 Å². The van der Waals surface area contributed by atoms with Crippen LogP contribution in [-0.4, -0.2) is 23.7 Å². The molecule has 0 N–H and O–H groups in total. The summed E-state index contributed by atoms with van der Waals surface area (Å²) in [4.78, 5) is 32.8. The van der Waals surface area contributed by atoms with Gasteiger partial charge in [-0.25, -0.2) is 0 Å². The van der Waals surface area contributed by atoms with E-state index >= 15 is 0 Å². The fourth-order valence-electron chi connectivity index (χ4n) is 2.90. The lowest BCUT2D eigenvalue weighted by atomic mass is 10.0. The normalized spacial score (nSPS) is 11.0. The SMILES string of the molecule is CCCCCCCCCCCCCCCCN(OC(=O)CC)OC(=O)CC. The number of nitrogens with zero attached hydrogens (tertiary/aromatic N) is 1. The Morgan fingerprint density at radius 1 is 0.556 bits per heavy atom. The molecular formula is C22H43NO4. The van der Waals surface area contributed by atoms with Crippen LogP contribution in [0.4, 0.5) is 0 Å². The van der Waals surface area contributed by atoms with Gasteiger partial charge in [0.25, 0.3) is 0 Å². The molecule has 27 heavy (non-hydrogen) atoms. The number of carbonyl (C=O) groups excluding carboxylic acids is 2. The minimum atomic E-state index is -0.385. The molecule has 0 spiro atoms. The first-order chi connectivity index (χ1) is 13.1. The monoisotopic (exact) mass is 385 g/mol. The lowest BCUT2D eigenvalue weighted by Gasteiger charge is -2.18. The second kappa shape index (κ2) is 19.7. The summed E-state index contributed by atoms with van der Waals surface area (Å²) in [6.07, 6.45) is 18.6. The molecule has 0 atom stereocenters. The second-order valence-corrected chi connectivity index (χ2v) is 7.29. The summed E-state index contributed by atoms with van der Waals surface area (Å²) in [5, 5.41) is 1.05. The molecule has 0 aromatic carbocycles. The van der Waals surface area contributed by atoms with Crippen molar-refractivity contribution in [1.82, 2.24) is 5.23 Å². The van der Waals surface area contributed by atoms with Crippen LogP contribution in [0, 0.1) is 0 Å². The Morgan fingerprint density at radius 2 is 0.889 bits per heavy atom. The minimum Gasteiger partial charge on any atom is -0.333 e. The van der Waals surface area contributed by atoms with Crippen molar-refractivity contribution in [3.8, 4) is 0 Å². The van der Waals surface area contributed by atoms with Crippen molar-refractivity contribution >= 4 is 11.9 Å². The largest absolute Gasteiger partial charge is 0.333 e. The molecule has 0 heterocycles. The van der Waals surface area contributed by atoms with Crippen LogP contribution in [0.5, 0.6) is 0 Å². The van der Waals surface area contributed by atoms with Crippen LogP contribution in [0.15, 0.2) is 0 Å². The molecule has 0 aliphatic carbocycles. The molecule has 0 amide bonds. The predicted molar refractivity (Wildman–Crippen MR) is 110 cm³/mol. The molecule has 5 nitrogen and oxygen atoms in total. The van der Waals surface area contributed by atoms with Crippen LogP contribution >= 0.6 is 0 Å². The zero-order valence-corrected chi connectivity index (χ0v) is 18.1. The first-order valence-electron chi connectivity index (χ1n) is 11.3. The Balaban J connectivity index is 3.53. The van der Waals surface area contributed by atoms with Crippen molar-refractivity contribution in [2.75, 3.05) is 6.54 Å². The lowest BCUT2D eigenvalue weighted by Crippen LogP contribution is -2.31. The van der Waals surface area contributed by atoms with E-state index < -0.39 is 0 Å². The van der Waals surface area contributed by atoms with E-state index in [2.05, 4.69) is 6.92 Å². The Hall–Kier alpha value is -1.10. The maximum absolute atomic E-state index is 11.4. The predicted octanol–water partition coefficient (Wildman–Crippen LogP) is 6.51. The fourth-order valence-corrected chi connectivity index (χ4v) is 2.90. The highest BCUT2D eigenvalue weighted by atomic mass is 17.0. The van der Waals surface area contributed by atoms with Crippen molar-refractivity contribution in [3.63, 3.8) is 0 Å². The Kier molecular flexibility index (Phi) is 18.9. The number of hydroxylamine groups is 2. The van der Waals surface area contributed by atoms with E-state index in [1.807, 2.05) is 0 Å². The highest BCUT2D eigenvalue weighted by Gasteiger charge is 2.14. The van der Waals surface area contributed by atoms with Gasteiger partial charge in [0, 0.05) is 18.1 Å². The Morgan fingerprint density at radius 3 is 1.22 bits per heavy atom. The minimum absolute atomic E-state index is 0.263. The van der Waals surface area contributed by atoms with Gasteiger partial charge in [0.1, 0.15) is 0 Å². The molecule has 0 fully saturated rings. The van der Waals surface area contributed by atoms with Crippen molar-refractivity contribution < 1.29 is 19.3 Å². The van der Waals surface area contributed by atoms with Crippen LogP contribution in [0.3, 0.4) is 0 Å². The van der Waals surface area contributed by atoms with E-state index in [-0.39, 0.29) is 24.8 Å². The third-order valence-corrected chi connectivity index (χ3v) is 4.68. The maximum Gasteiger partial charge on any atom is 0.328 e. The quantitative estimate of drug-likeness (QED) is 0.187. The number of rotatable bonds is 19. The molecule has 0 saturated carbocycles. The third kappa shape index (κ3) is 18.0.